The fourth-order valence-corrected chi connectivity index (χ4v) is 2.51. The van der Waals surface area contributed by atoms with E-state index in [2.05, 4.69) is 19.9 Å². The van der Waals surface area contributed by atoms with Crippen LogP contribution in [-0.2, 0) is 11.3 Å². The molecule has 1 saturated carbocycles. The summed E-state index contributed by atoms with van der Waals surface area (Å²) in [7, 11) is 0. The van der Waals surface area contributed by atoms with Crippen LogP contribution in [-0.4, -0.2) is 26.5 Å². The number of nitrogens with two attached hydrogens (primary N) is 1. The molecule has 0 radical (unpaired) electrons. The van der Waals surface area contributed by atoms with Gasteiger partial charge in [0.25, 0.3) is 0 Å². The van der Waals surface area contributed by atoms with Gasteiger partial charge in [0.2, 0.25) is 5.91 Å². The normalized spacial score (nSPS) is 14.7. The number of hydrogen-bond donors (Lipinski definition) is 2. The maximum atomic E-state index is 11.8. The number of nitrogen functional groups attached to an aromatic ring is 1. The van der Waals surface area contributed by atoms with Crippen molar-refractivity contribution in [2.45, 2.75) is 45.7 Å². The number of carbonyl (C=O) groups is 1. The number of fused-ring (bicyclic) bond motifs is 1. The van der Waals surface area contributed by atoms with Crippen molar-refractivity contribution in [3.63, 3.8) is 0 Å². The highest BCUT2D eigenvalue weighted by atomic mass is 16.1. The number of nitrogens with one attached hydrogen (secondary N) is 1. The third-order valence-electron chi connectivity index (χ3n) is 3.94. The van der Waals surface area contributed by atoms with Crippen LogP contribution in [0.4, 0.5) is 5.82 Å². The molecule has 0 spiro atoms. The predicted molar refractivity (Wildman–Crippen MR) is 77.2 cm³/mol. The number of aromatic nitrogens is 3. The van der Waals surface area contributed by atoms with Crippen LogP contribution >= 0.6 is 0 Å². The van der Waals surface area contributed by atoms with E-state index in [1.54, 1.807) is 0 Å². The maximum absolute atomic E-state index is 11.8. The van der Waals surface area contributed by atoms with Crippen LogP contribution in [0.3, 0.4) is 0 Å². The van der Waals surface area contributed by atoms with Gasteiger partial charge in [-0.1, -0.05) is 0 Å². The summed E-state index contributed by atoms with van der Waals surface area (Å²) in [5.74, 6) is 0.602. The summed E-state index contributed by atoms with van der Waals surface area (Å²) in [6, 6.07) is 0.407. The second-order valence-electron chi connectivity index (χ2n) is 5.41. The zero-order valence-corrected chi connectivity index (χ0v) is 11.8. The van der Waals surface area contributed by atoms with Crippen molar-refractivity contribution in [1.29, 1.82) is 0 Å². The van der Waals surface area contributed by atoms with Crippen molar-refractivity contribution in [1.82, 2.24) is 19.9 Å². The Hall–Kier alpha value is -2.11. The van der Waals surface area contributed by atoms with Crippen molar-refractivity contribution in [3.8, 4) is 0 Å². The summed E-state index contributed by atoms with van der Waals surface area (Å²) < 4.78 is 2.05. The fraction of sp³-hybridized carbons (Fsp3) is 0.500. The number of carbonyl (C=O) groups excluding carboxylic acids is 1. The minimum atomic E-state index is 0.105. The maximum Gasteiger partial charge on any atom is 0.222 e. The minimum absolute atomic E-state index is 0.105. The van der Waals surface area contributed by atoms with Gasteiger partial charge in [0.05, 0.1) is 5.39 Å². The highest BCUT2D eigenvalue weighted by Crippen LogP contribution is 2.27. The summed E-state index contributed by atoms with van der Waals surface area (Å²) in [5.41, 5.74) is 8.91. The fourth-order valence-electron chi connectivity index (χ4n) is 2.51. The Bertz CT molecular complexity index is 672. The first-order chi connectivity index (χ1) is 9.58. The van der Waals surface area contributed by atoms with Crippen LogP contribution in [0.5, 0.6) is 0 Å². The highest BCUT2D eigenvalue weighted by Gasteiger charge is 2.23. The molecule has 2 heterocycles. The molecule has 0 unspecified atom stereocenters. The van der Waals surface area contributed by atoms with Crippen molar-refractivity contribution in [2.75, 3.05) is 5.73 Å². The van der Waals surface area contributed by atoms with E-state index < -0.39 is 0 Å². The van der Waals surface area contributed by atoms with E-state index in [0.29, 0.717) is 24.8 Å². The Morgan fingerprint density at radius 1 is 1.45 bits per heavy atom. The van der Waals surface area contributed by atoms with Crippen LogP contribution in [0.2, 0.25) is 0 Å². The zero-order valence-electron chi connectivity index (χ0n) is 11.8. The highest BCUT2D eigenvalue weighted by molar-refractivity contribution is 5.90. The van der Waals surface area contributed by atoms with Gasteiger partial charge in [-0.2, -0.15) is 0 Å². The summed E-state index contributed by atoms with van der Waals surface area (Å²) in [5, 5.41) is 3.90. The Kier molecular flexibility index (Phi) is 3.08. The van der Waals surface area contributed by atoms with Crippen LogP contribution < -0.4 is 11.1 Å². The zero-order chi connectivity index (χ0) is 14.3. The average Bonchev–Trinajstić information content (AvgIpc) is 3.18. The largest absolute Gasteiger partial charge is 0.383 e. The lowest BCUT2D eigenvalue weighted by atomic mass is 10.2. The molecule has 0 aliphatic heterocycles. The monoisotopic (exact) mass is 273 g/mol. The second kappa shape index (κ2) is 4.77. The second-order valence-corrected chi connectivity index (χ2v) is 5.41. The van der Waals surface area contributed by atoms with E-state index in [1.165, 1.54) is 6.33 Å². The molecule has 20 heavy (non-hydrogen) atoms. The molecule has 0 atom stereocenters. The van der Waals surface area contributed by atoms with Gasteiger partial charge in [0.1, 0.15) is 17.8 Å². The summed E-state index contributed by atoms with van der Waals surface area (Å²) >= 11 is 0. The van der Waals surface area contributed by atoms with Gasteiger partial charge in [0, 0.05) is 24.7 Å². The molecule has 1 aliphatic carbocycles. The molecule has 3 rings (SSSR count). The number of rotatable bonds is 4. The van der Waals surface area contributed by atoms with Crippen LogP contribution in [0.15, 0.2) is 6.33 Å². The summed E-state index contributed by atoms with van der Waals surface area (Å²) in [6.45, 7) is 4.65. The Labute approximate surface area is 117 Å². The quantitative estimate of drug-likeness (QED) is 0.879. The molecule has 2 aromatic heterocycles. The van der Waals surface area contributed by atoms with Crippen LogP contribution in [0, 0.1) is 13.8 Å². The lowest BCUT2D eigenvalue weighted by molar-refractivity contribution is -0.121. The van der Waals surface area contributed by atoms with Gasteiger partial charge in [-0.05, 0) is 32.3 Å². The minimum Gasteiger partial charge on any atom is -0.383 e. The molecule has 0 bridgehead atoms. The SMILES string of the molecule is Cc1c(C)n(CCC(=O)NC2CC2)c2ncnc(N)c12. The molecular formula is C14H19N5O. The smallest absolute Gasteiger partial charge is 0.222 e. The van der Waals surface area contributed by atoms with E-state index >= 15 is 0 Å². The molecule has 6 nitrogen and oxygen atoms in total. The van der Waals surface area contributed by atoms with Gasteiger partial charge >= 0.3 is 0 Å². The molecule has 6 heteroatoms. The van der Waals surface area contributed by atoms with Gasteiger partial charge in [-0.25, -0.2) is 9.97 Å². The first kappa shape index (κ1) is 12.9. The lowest BCUT2D eigenvalue weighted by Crippen LogP contribution is -2.26. The molecule has 106 valence electrons. The molecule has 1 fully saturated rings. The third kappa shape index (κ3) is 2.21. The van der Waals surface area contributed by atoms with Crippen molar-refractivity contribution in [3.05, 3.63) is 17.6 Å². The number of anilines is 1. The number of amides is 1. The topological polar surface area (TPSA) is 85.8 Å². The van der Waals surface area contributed by atoms with Crippen molar-refractivity contribution >= 4 is 22.8 Å². The molecule has 0 aromatic carbocycles. The molecule has 1 amide bonds. The predicted octanol–water partition coefficient (Wildman–Crippen LogP) is 1.30. The molecule has 0 saturated heterocycles. The third-order valence-corrected chi connectivity index (χ3v) is 3.94. The molecular weight excluding hydrogens is 254 g/mol. The Balaban J connectivity index is 1.85. The summed E-state index contributed by atoms with van der Waals surface area (Å²) in [4.78, 5) is 20.2. The Morgan fingerprint density at radius 3 is 2.90 bits per heavy atom. The van der Waals surface area contributed by atoms with E-state index in [1.807, 2.05) is 13.8 Å². The molecule has 3 N–H and O–H groups in total. The van der Waals surface area contributed by atoms with Crippen molar-refractivity contribution in [2.24, 2.45) is 0 Å². The van der Waals surface area contributed by atoms with Gasteiger partial charge < -0.3 is 15.6 Å². The molecule has 2 aromatic rings. The first-order valence-electron chi connectivity index (χ1n) is 6.93. The number of nitrogens with zero attached hydrogens (tertiary/aromatic N) is 3. The van der Waals surface area contributed by atoms with Crippen LogP contribution in [0.1, 0.15) is 30.5 Å². The number of hydrogen-bond acceptors (Lipinski definition) is 4. The van der Waals surface area contributed by atoms with Crippen LogP contribution in [0.25, 0.3) is 11.0 Å². The lowest BCUT2D eigenvalue weighted by Gasteiger charge is -2.08. The first-order valence-corrected chi connectivity index (χ1v) is 6.93. The Morgan fingerprint density at radius 2 is 2.20 bits per heavy atom. The van der Waals surface area contributed by atoms with E-state index in [4.69, 9.17) is 5.73 Å². The van der Waals surface area contributed by atoms with Crippen molar-refractivity contribution < 1.29 is 4.79 Å². The van der Waals surface area contributed by atoms with E-state index in [9.17, 15) is 4.79 Å². The van der Waals surface area contributed by atoms with E-state index in [0.717, 1.165) is 35.1 Å². The van der Waals surface area contributed by atoms with E-state index in [-0.39, 0.29) is 5.91 Å². The molecule has 1 aliphatic rings. The van der Waals surface area contributed by atoms with Gasteiger partial charge in [-0.15, -0.1) is 0 Å². The average molecular weight is 273 g/mol. The number of aryl methyl sites for hydroxylation is 2. The summed E-state index contributed by atoms with van der Waals surface area (Å²) in [6.07, 6.45) is 4.15. The van der Waals surface area contributed by atoms with Gasteiger partial charge in [0.15, 0.2) is 0 Å². The van der Waals surface area contributed by atoms with Gasteiger partial charge in [-0.3, -0.25) is 4.79 Å². The standard InChI is InChI=1S/C14H19N5O/c1-8-9(2)19(6-5-11(20)18-10-3-4-10)14-12(8)13(15)16-7-17-14/h7,10H,3-6H2,1-2H3,(H,18,20)(H2,15,16,17).